The molecule has 144 valence electrons. The van der Waals surface area contributed by atoms with Crippen LogP contribution < -0.4 is 4.74 Å². The van der Waals surface area contributed by atoms with Gasteiger partial charge in [-0.2, -0.15) is 0 Å². The van der Waals surface area contributed by atoms with Gasteiger partial charge in [-0.1, -0.05) is 11.3 Å². The third-order valence-corrected chi connectivity index (χ3v) is 4.28. The number of hydrogen-bond acceptors (Lipinski definition) is 6. The van der Waals surface area contributed by atoms with Gasteiger partial charge in [-0.25, -0.2) is 9.48 Å². The van der Waals surface area contributed by atoms with E-state index in [9.17, 15) is 9.59 Å². The molecule has 0 N–H and O–H groups in total. The van der Waals surface area contributed by atoms with Gasteiger partial charge in [-0.05, 0) is 51.3 Å². The van der Waals surface area contributed by atoms with E-state index in [-0.39, 0.29) is 11.9 Å². The summed E-state index contributed by atoms with van der Waals surface area (Å²) in [7, 11) is 1.77. The van der Waals surface area contributed by atoms with E-state index in [2.05, 4.69) is 10.3 Å². The van der Waals surface area contributed by atoms with Gasteiger partial charge in [0.2, 0.25) is 0 Å². The zero-order valence-electron chi connectivity index (χ0n) is 16.1. The molecular formula is C19H24N4O4. The normalized spacial score (nSPS) is 15.0. The summed E-state index contributed by atoms with van der Waals surface area (Å²) in [6.07, 6.45) is 1.52. The number of nitrogens with zero attached hydrogens (tertiary/aromatic N) is 4. The van der Waals surface area contributed by atoms with Gasteiger partial charge in [-0.3, -0.25) is 4.79 Å². The first-order valence-corrected chi connectivity index (χ1v) is 8.90. The number of piperidine rings is 1. The molecule has 2 heterocycles. The number of benzene rings is 1. The Bertz CT molecular complexity index is 885. The Morgan fingerprint density at radius 1 is 1.22 bits per heavy atom. The van der Waals surface area contributed by atoms with Crippen molar-refractivity contribution in [2.45, 2.75) is 39.2 Å². The molecule has 1 aromatic carbocycles. The largest absolute Gasteiger partial charge is 0.452 e. The lowest BCUT2D eigenvalue weighted by molar-refractivity contribution is -0.106. The molecule has 1 aliphatic rings. The molecule has 1 amide bonds. The number of carbonyl (C=O) groups is 2. The first-order chi connectivity index (χ1) is 12.8. The maximum atomic E-state index is 12.2. The third kappa shape index (κ3) is 4.27. The van der Waals surface area contributed by atoms with Crippen LogP contribution in [0.5, 0.6) is 5.75 Å². The lowest BCUT2D eigenvalue weighted by Gasteiger charge is -2.31. The molecule has 0 spiro atoms. The number of amides is 1. The van der Waals surface area contributed by atoms with Crippen molar-refractivity contribution in [3.05, 3.63) is 29.5 Å². The Morgan fingerprint density at radius 2 is 1.93 bits per heavy atom. The molecule has 1 saturated heterocycles. The zero-order chi connectivity index (χ0) is 19.6. The molecule has 8 heteroatoms. The number of likely N-dealkylation sites (tertiary alicyclic amines) is 1. The van der Waals surface area contributed by atoms with Crippen molar-refractivity contribution in [3.8, 4) is 5.75 Å². The number of hydrogen-bond donors (Lipinski definition) is 0. The van der Waals surface area contributed by atoms with Crippen LogP contribution in [0.2, 0.25) is 0 Å². The fraction of sp³-hybridized carbons (Fsp3) is 0.474. The maximum Gasteiger partial charge on any atom is 0.410 e. The molecule has 8 nitrogen and oxygen atoms in total. The molecule has 0 aliphatic carbocycles. The minimum absolute atomic E-state index is 0.285. The quantitative estimate of drug-likeness (QED) is 0.468. The fourth-order valence-corrected chi connectivity index (χ4v) is 2.99. The molecule has 1 aliphatic heterocycles. The Labute approximate surface area is 157 Å². The van der Waals surface area contributed by atoms with Crippen LogP contribution in [0.25, 0.3) is 11.0 Å². The monoisotopic (exact) mass is 372 g/mol. The second kappa shape index (κ2) is 7.38. The predicted octanol–water partition coefficient (Wildman–Crippen LogP) is 2.83. The van der Waals surface area contributed by atoms with Crippen molar-refractivity contribution in [3.63, 3.8) is 0 Å². The molecule has 0 radical (unpaired) electrons. The lowest BCUT2D eigenvalue weighted by atomic mass is 10.0. The molecule has 1 fully saturated rings. The SMILES string of the molecule is Cn1nnc2cccc(OC(C=O)=C3CCN(C(=O)OC(C)(C)C)CC3)c21. The van der Waals surface area contributed by atoms with Crippen molar-refractivity contribution in [1.29, 1.82) is 0 Å². The summed E-state index contributed by atoms with van der Waals surface area (Å²) in [4.78, 5) is 25.5. The first kappa shape index (κ1) is 18.9. The topological polar surface area (TPSA) is 86.5 Å². The molecule has 0 bridgehead atoms. The summed E-state index contributed by atoms with van der Waals surface area (Å²) in [5.41, 5.74) is 1.78. The van der Waals surface area contributed by atoms with Crippen molar-refractivity contribution in [2.24, 2.45) is 7.05 Å². The number of carbonyl (C=O) groups excluding carboxylic acids is 2. The lowest BCUT2D eigenvalue weighted by Crippen LogP contribution is -2.40. The Kier molecular flexibility index (Phi) is 5.16. The smallest absolute Gasteiger partial charge is 0.410 e. The van der Waals surface area contributed by atoms with Crippen LogP contribution in [-0.4, -0.2) is 51.0 Å². The van der Waals surface area contributed by atoms with E-state index in [1.165, 1.54) is 0 Å². The predicted molar refractivity (Wildman–Crippen MR) is 99.3 cm³/mol. The van der Waals surface area contributed by atoms with Crippen LogP contribution in [0.1, 0.15) is 33.6 Å². The number of aromatic nitrogens is 3. The number of allylic oxidation sites excluding steroid dienone is 1. The van der Waals surface area contributed by atoms with Gasteiger partial charge in [0, 0.05) is 20.1 Å². The van der Waals surface area contributed by atoms with E-state index in [0.717, 1.165) is 17.4 Å². The molecule has 27 heavy (non-hydrogen) atoms. The van der Waals surface area contributed by atoms with Crippen molar-refractivity contribution in [2.75, 3.05) is 13.1 Å². The zero-order valence-corrected chi connectivity index (χ0v) is 16.1. The van der Waals surface area contributed by atoms with Crippen LogP contribution in [0.15, 0.2) is 29.5 Å². The van der Waals surface area contributed by atoms with Crippen LogP contribution in [0.4, 0.5) is 4.79 Å². The molecular weight excluding hydrogens is 348 g/mol. The highest BCUT2D eigenvalue weighted by Gasteiger charge is 2.26. The van der Waals surface area contributed by atoms with Gasteiger partial charge >= 0.3 is 6.09 Å². The van der Waals surface area contributed by atoms with E-state index >= 15 is 0 Å². The molecule has 1 aromatic heterocycles. The maximum absolute atomic E-state index is 12.2. The van der Waals surface area contributed by atoms with Crippen molar-refractivity contribution < 1.29 is 19.1 Å². The summed E-state index contributed by atoms with van der Waals surface area (Å²) in [5.74, 6) is 0.816. The average molecular weight is 372 g/mol. The molecule has 2 aromatic rings. The Hall–Kier alpha value is -2.90. The Balaban J connectivity index is 1.74. The molecule has 0 atom stereocenters. The highest BCUT2D eigenvalue weighted by Crippen LogP contribution is 2.28. The summed E-state index contributed by atoms with van der Waals surface area (Å²) < 4.78 is 12.9. The number of para-hydroxylation sites is 1. The number of ether oxygens (including phenoxy) is 2. The van der Waals surface area contributed by atoms with E-state index in [0.29, 0.717) is 37.2 Å². The number of aryl methyl sites for hydroxylation is 1. The van der Waals surface area contributed by atoms with Gasteiger partial charge in [-0.15, -0.1) is 5.10 Å². The molecule has 0 unspecified atom stereocenters. The van der Waals surface area contributed by atoms with Crippen LogP contribution >= 0.6 is 0 Å². The van der Waals surface area contributed by atoms with Gasteiger partial charge in [0.25, 0.3) is 0 Å². The average Bonchev–Trinajstić information content (AvgIpc) is 3.00. The highest BCUT2D eigenvalue weighted by atomic mass is 16.6. The highest BCUT2D eigenvalue weighted by molar-refractivity contribution is 5.82. The van der Waals surface area contributed by atoms with Gasteiger partial charge in [0.1, 0.15) is 16.6 Å². The van der Waals surface area contributed by atoms with E-state index < -0.39 is 5.60 Å². The summed E-state index contributed by atoms with van der Waals surface area (Å²) in [6, 6.07) is 5.43. The fourth-order valence-electron chi connectivity index (χ4n) is 2.99. The second-order valence-electron chi connectivity index (χ2n) is 7.49. The summed E-state index contributed by atoms with van der Waals surface area (Å²) >= 11 is 0. The van der Waals surface area contributed by atoms with Crippen LogP contribution in [-0.2, 0) is 16.6 Å². The minimum Gasteiger partial charge on any atom is -0.452 e. The Morgan fingerprint density at radius 3 is 2.56 bits per heavy atom. The van der Waals surface area contributed by atoms with E-state index in [4.69, 9.17) is 9.47 Å². The standard InChI is InChI=1S/C19H24N4O4/c1-19(2,3)27-18(25)23-10-8-13(9-11-23)16(12-24)26-15-7-5-6-14-17(15)22(4)21-20-14/h5-7,12H,8-11H2,1-4H3. The van der Waals surface area contributed by atoms with E-state index in [1.807, 2.05) is 32.9 Å². The van der Waals surface area contributed by atoms with Gasteiger partial charge in [0.05, 0.1) is 0 Å². The summed E-state index contributed by atoms with van der Waals surface area (Å²) in [5, 5.41) is 8.04. The van der Waals surface area contributed by atoms with E-state index in [1.54, 1.807) is 22.7 Å². The number of aldehydes is 1. The van der Waals surface area contributed by atoms with Crippen molar-refractivity contribution >= 4 is 23.4 Å². The molecule has 0 saturated carbocycles. The summed E-state index contributed by atoms with van der Waals surface area (Å²) in [6.45, 7) is 6.50. The first-order valence-electron chi connectivity index (χ1n) is 8.90. The van der Waals surface area contributed by atoms with Crippen LogP contribution in [0, 0.1) is 0 Å². The number of rotatable bonds is 3. The number of fused-ring (bicyclic) bond motifs is 1. The minimum atomic E-state index is -0.528. The van der Waals surface area contributed by atoms with Gasteiger partial charge in [0.15, 0.2) is 17.8 Å². The second-order valence-corrected chi connectivity index (χ2v) is 7.49. The van der Waals surface area contributed by atoms with Gasteiger partial charge < -0.3 is 14.4 Å². The van der Waals surface area contributed by atoms with Crippen LogP contribution in [0.3, 0.4) is 0 Å². The third-order valence-electron chi connectivity index (χ3n) is 4.28. The van der Waals surface area contributed by atoms with Crippen molar-refractivity contribution in [1.82, 2.24) is 19.9 Å². The molecule has 3 rings (SSSR count).